The molecule has 0 bridgehead atoms. The molecule has 0 saturated heterocycles. The maximum Gasteiger partial charge on any atom is 0.134 e. The van der Waals surface area contributed by atoms with E-state index in [-0.39, 0.29) is 0 Å². The highest BCUT2D eigenvalue weighted by atomic mass is 15.2. The van der Waals surface area contributed by atoms with Crippen LogP contribution in [0.3, 0.4) is 0 Å². The standard InChI is InChI=1S/C16H15N7/c1-22-9-12(8-20-22)13-5-11-7-18-16(6-14(11)23(13)2)21-15-3-4-17-10-19-15/h3-10H,1-2H3,(H,17,18,19,21). The van der Waals surface area contributed by atoms with E-state index in [1.807, 2.05) is 38.8 Å². The number of anilines is 2. The predicted octanol–water partition coefficient (Wildman–Crippen LogP) is 2.51. The number of fused-ring (bicyclic) bond motifs is 1. The monoisotopic (exact) mass is 305 g/mol. The number of nitrogens with one attached hydrogen (secondary N) is 1. The van der Waals surface area contributed by atoms with Crippen molar-refractivity contribution in [3.8, 4) is 11.3 Å². The summed E-state index contributed by atoms with van der Waals surface area (Å²) in [7, 11) is 3.95. The lowest BCUT2D eigenvalue weighted by atomic mass is 10.2. The number of aromatic nitrogens is 6. The molecule has 1 N–H and O–H groups in total. The van der Waals surface area contributed by atoms with Gasteiger partial charge < -0.3 is 9.88 Å². The van der Waals surface area contributed by atoms with E-state index in [1.165, 1.54) is 6.33 Å². The zero-order valence-corrected chi connectivity index (χ0v) is 12.8. The first-order valence-corrected chi connectivity index (χ1v) is 7.18. The van der Waals surface area contributed by atoms with Crippen molar-refractivity contribution in [3.63, 3.8) is 0 Å². The maximum absolute atomic E-state index is 4.45. The van der Waals surface area contributed by atoms with Crippen LogP contribution >= 0.6 is 0 Å². The molecule has 0 spiro atoms. The predicted molar refractivity (Wildman–Crippen MR) is 88.2 cm³/mol. The lowest BCUT2D eigenvalue weighted by Gasteiger charge is -2.05. The number of hydrogen-bond donors (Lipinski definition) is 1. The Bertz CT molecular complexity index is 969. The third kappa shape index (κ3) is 2.42. The first kappa shape index (κ1) is 13.4. The molecule has 7 nitrogen and oxygen atoms in total. The highest BCUT2D eigenvalue weighted by Gasteiger charge is 2.10. The van der Waals surface area contributed by atoms with Gasteiger partial charge in [-0.05, 0) is 12.1 Å². The summed E-state index contributed by atoms with van der Waals surface area (Å²) in [5.74, 6) is 1.46. The van der Waals surface area contributed by atoms with Crippen molar-refractivity contribution in [2.45, 2.75) is 0 Å². The number of rotatable bonds is 3. The second kappa shape index (κ2) is 5.20. The van der Waals surface area contributed by atoms with Gasteiger partial charge in [0.15, 0.2) is 0 Å². The zero-order valence-electron chi connectivity index (χ0n) is 12.8. The quantitative estimate of drug-likeness (QED) is 0.629. The Morgan fingerprint density at radius 2 is 1.96 bits per heavy atom. The molecular formula is C16H15N7. The van der Waals surface area contributed by atoms with Crippen LogP contribution in [-0.4, -0.2) is 29.3 Å². The zero-order chi connectivity index (χ0) is 15.8. The minimum absolute atomic E-state index is 0.716. The Kier molecular flexibility index (Phi) is 3.04. The molecule has 4 rings (SSSR count). The molecule has 0 fully saturated rings. The number of nitrogens with zero attached hydrogens (tertiary/aromatic N) is 6. The van der Waals surface area contributed by atoms with E-state index < -0.39 is 0 Å². The summed E-state index contributed by atoms with van der Waals surface area (Å²) < 4.78 is 3.94. The fourth-order valence-corrected chi connectivity index (χ4v) is 2.63. The molecule has 4 heterocycles. The average Bonchev–Trinajstić information content (AvgIpc) is 3.13. The van der Waals surface area contributed by atoms with Gasteiger partial charge in [0.05, 0.1) is 17.4 Å². The summed E-state index contributed by atoms with van der Waals surface area (Å²) in [5, 5.41) is 8.51. The van der Waals surface area contributed by atoms with Gasteiger partial charge in [0, 0.05) is 49.7 Å². The molecule has 0 aliphatic heterocycles. The molecule has 0 radical (unpaired) electrons. The molecule has 0 atom stereocenters. The molecule has 4 aromatic rings. The Morgan fingerprint density at radius 1 is 1.04 bits per heavy atom. The minimum Gasteiger partial charge on any atom is -0.343 e. The third-order valence-corrected chi connectivity index (χ3v) is 3.77. The Hall–Kier alpha value is -3.22. The van der Waals surface area contributed by atoms with E-state index >= 15 is 0 Å². The van der Waals surface area contributed by atoms with Crippen LogP contribution in [0.1, 0.15) is 0 Å². The molecule has 23 heavy (non-hydrogen) atoms. The van der Waals surface area contributed by atoms with E-state index in [9.17, 15) is 0 Å². The summed E-state index contributed by atoms with van der Waals surface area (Å²) in [5.41, 5.74) is 3.28. The summed E-state index contributed by atoms with van der Waals surface area (Å²) in [4.78, 5) is 12.5. The Morgan fingerprint density at radius 3 is 2.70 bits per heavy atom. The highest BCUT2D eigenvalue weighted by Crippen LogP contribution is 2.28. The van der Waals surface area contributed by atoms with Crippen LogP contribution in [0.15, 0.2) is 49.3 Å². The molecule has 0 saturated carbocycles. The van der Waals surface area contributed by atoms with E-state index in [0.29, 0.717) is 5.82 Å². The second-order valence-electron chi connectivity index (χ2n) is 5.34. The van der Waals surface area contributed by atoms with Gasteiger partial charge in [-0.1, -0.05) is 0 Å². The van der Waals surface area contributed by atoms with Crippen LogP contribution in [0.4, 0.5) is 11.6 Å². The van der Waals surface area contributed by atoms with Crippen LogP contribution in [0.25, 0.3) is 22.2 Å². The third-order valence-electron chi connectivity index (χ3n) is 3.77. The van der Waals surface area contributed by atoms with Crippen molar-refractivity contribution in [1.29, 1.82) is 0 Å². The average molecular weight is 305 g/mol. The molecule has 7 heteroatoms. The number of pyridine rings is 1. The topological polar surface area (TPSA) is 73.5 Å². The molecule has 4 aromatic heterocycles. The van der Waals surface area contributed by atoms with Crippen LogP contribution in [0.5, 0.6) is 0 Å². The van der Waals surface area contributed by atoms with Gasteiger partial charge in [-0.15, -0.1) is 0 Å². The molecule has 0 unspecified atom stereocenters. The molecule has 114 valence electrons. The summed E-state index contributed by atoms with van der Waals surface area (Å²) in [6, 6.07) is 5.93. The molecule has 0 aliphatic carbocycles. The van der Waals surface area contributed by atoms with Crippen LogP contribution in [-0.2, 0) is 14.1 Å². The van der Waals surface area contributed by atoms with Crippen molar-refractivity contribution in [2.75, 3.05) is 5.32 Å². The van der Waals surface area contributed by atoms with Gasteiger partial charge in [-0.3, -0.25) is 4.68 Å². The van der Waals surface area contributed by atoms with Gasteiger partial charge >= 0.3 is 0 Å². The number of hydrogen-bond acceptors (Lipinski definition) is 5. The normalized spacial score (nSPS) is 11.0. The van der Waals surface area contributed by atoms with Crippen LogP contribution in [0.2, 0.25) is 0 Å². The van der Waals surface area contributed by atoms with Crippen LogP contribution in [0, 0.1) is 0 Å². The van der Waals surface area contributed by atoms with E-state index in [1.54, 1.807) is 16.9 Å². The summed E-state index contributed by atoms with van der Waals surface area (Å²) in [6.07, 6.45) is 8.92. The Balaban J connectivity index is 1.75. The lowest BCUT2D eigenvalue weighted by molar-refractivity contribution is 0.768. The van der Waals surface area contributed by atoms with Crippen molar-refractivity contribution in [3.05, 3.63) is 49.3 Å². The first-order valence-electron chi connectivity index (χ1n) is 7.18. The fourth-order valence-electron chi connectivity index (χ4n) is 2.63. The van der Waals surface area contributed by atoms with E-state index in [0.717, 1.165) is 28.0 Å². The van der Waals surface area contributed by atoms with Gasteiger partial charge in [-0.2, -0.15) is 5.10 Å². The van der Waals surface area contributed by atoms with Gasteiger partial charge in [0.25, 0.3) is 0 Å². The van der Waals surface area contributed by atoms with Crippen molar-refractivity contribution >= 4 is 22.5 Å². The van der Waals surface area contributed by atoms with E-state index in [2.05, 4.69) is 36.0 Å². The minimum atomic E-state index is 0.716. The first-order chi connectivity index (χ1) is 11.2. The van der Waals surface area contributed by atoms with Gasteiger partial charge in [-0.25, -0.2) is 15.0 Å². The summed E-state index contributed by atoms with van der Waals surface area (Å²) in [6.45, 7) is 0. The molecular weight excluding hydrogens is 290 g/mol. The van der Waals surface area contributed by atoms with Crippen molar-refractivity contribution in [1.82, 2.24) is 29.3 Å². The summed E-state index contributed by atoms with van der Waals surface area (Å²) >= 11 is 0. The SMILES string of the molecule is Cn1cc(-c2cc3cnc(Nc4ccncn4)cc3n2C)cn1. The van der Waals surface area contributed by atoms with E-state index in [4.69, 9.17) is 0 Å². The van der Waals surface area contributed by atoms with Crippen molar-refractivity contribution in [2.24, 2.45) is 14.1 Å². The second-order valence-corrected chi connectivity index (χ2v) is 5.34. The maximum atomic E-state index is 4.45. The van der Waals surface area contributed by atoms with Crippen molar-refractivity contribution < 1.29 is 0 Å². The molecule has 0 aromatic carbocycles. The smallest absolute Gasteiger partial charge is 0.134 e. The highest BCUT2D eigenvalue weighted by molar-refractivity contribution is 5.88. The van der Waals surface area contributed by atoms with Gasteiger partial charge in [0.2, 0.25) is 0 Å². The largest absolute Gasteiger partial charge is 0.343 e. The van der Waals surface area contributed by atoms with Gasteiger partial charge in [0.1, 0.15) is 18.0 Å². The molecule has 0 aliphatic rings. The Labute approximate surface area is 132 Å². The molecule has 0 amide bonds. The number of aryl methyl sites for hydroxylation is 2. The van der Waals surface area contributed by atoms with Crippen LogP contribution < -0.4 is 5.32 Å². The lowest BCUT2D eigenvalue weighted by Crippen LogP contribution is -1.97. The fraction of sp³-hybridized carbons (Fsp3) is 0.125.